The molecule has 0 fully saturated rings. The molecule has 0 N–H and O–H groups in total. The van der Waals surface area contributed by atoms with Crippen molar-refractivity contribution in [3.05, 3.63) is 279 Å². The van der Waals surface area contributed by atoms with Crippen LogP contribution in [0.3, 0.4) is 0 Å². The summed E-state index contributed by atoms with van der Waals surface area (Å²) in [5, 5.41) is 10.4. The normalized spacial score (nSPS) is 11.8. The van der Waals surface area contributed by atoms with E-state index in [1.807, 2.05) is 0 Å². The van der Waals surface area contributed by atoms with Crippen molar-refractivity contribution in [2.45, 2.75) is 0 Å². The second-order valence-electron chi connectivity index (χ2n) is 18.0. The summed E-state index contributed by atoms with van der Waals surface area (Å²) >= 11 is 0. The third kappa shape index (κ3) is 6.62. The van der Waals surface area contributed by atoms with Crippen molar-refractivity contribution in [2.75, 3.05) is 0 Å². The highest BCUT2D eigenvalue weighted by Gasteiger charge is 2.41. The molecule has 2 nitrogen and oxygen atoms in total. The molecule has 0 spiro atoms. The number of rotatable bonds is 9. The molecule has 0 unspecified atom stereocenters. The van der Waals surface area contributed by atoms with Crippen LogP contribution in [0.25, 0.3) is 88.4 Å². The zero-order valence-electron chi connectivity index (χ0n) is 38.0. The fourth-order valence-electron chi connectivity index (χ4n) is 11.2. The maximum atomic E-state index is 2.51. The van der Waals surface area contributed by atoms with Crippen LogP contribution in [0, 0.1) is 0 Å². The Kier molecular flexibility index (Phi) is 9.88. The maximum absolute atomic E-state index is 2.68. The van der Waals surface area contributed by atoms with Crippen LogP contribution in [0.2, 0.25) is 0 Å². The number of para-hydroxylation sites is 3. The van der Waals surface area contributed by atoms with Crippen molar-refractivity contribution in [1.29, 1.82) is 0 Å². The van der Waals surface area contributed by atoms with Gasteiger partial charge in [-0.2, -0.15) is 0 Å². The minimum absolute atomic E-state index is 1.14. The Morgan fingerprint density at radius 1 is 0.246 bits per heavy atom. The lowest BCUT2D eigenvalue weighted by Crippen LogP contribution is -2.74. The van der Waals surface area contributed by atoms with E-state index in [1.54, 1.807) is 0 Å². The topological polar surface area (TPSA) is 9.86 Å². The fourth-order valence-corrected chi connectivity index (χ4v) is 16.0. The lowest BCUT2D eigenvalue weighted by atomic mass is 9.96. The number of hydrogen-bond acceptors (Lipinski definition) is 0. The first-order valence-corrected chi connectivity index (χ1v) is 25.8. The van der Waals surface area contributed by atoms with Gasteiger partial charge in [0.15, 0.2) is 8.07 Å². The highest BCUT2D eigenvalue weighted by molar-refractivity contribution is 7.19. The van der Waals surface area contributed by atoms with Crippen molar-refractivity contribution < 1.29 is 0 Å². The van der Waals surface area contributed by atoms with E-state index in [2.05, 4.69) is 288 Å². The van der Waals surface area contributed by atoms with Gasteiger partial charge in [-0.3, -0.25) is 0 Å². The van der Waals surface area contributed by atoms with E-state index >= 15 is 0 Å². The van der Waals surface area contributed by atoms with Gasteiger partial charge in [-0.25, -0.2) is 0 Å². The van der Waals surface area contributed by atoms with Gasteiger partial charge in [0.05, 0.1) is 27.8 Å². The zero-order chi connectivity index (χ0) is 45.7. The molecular formula is C66H46N2Si. The Morgan fingerprint density at radius 2 is 0.710 bits per heavy atom. The quantitative estimate of drug-likeness (QED) is 0.101. The lowest BCUT2D eigenvalue weighted by molar-refractivity contribution is 1.18. The van der Waals surface area contributed by atoms with E-state index in [9.17, 15) is 0 Å². The summed E-state index contributed by atoms with van der Waals surface area (Å²) in [4.78, 5) is 0. The Labute approximate surface area is 403 Å². The summed E-state index contributed by atoms with van der Waals surface area (Å²) in [5.74, 6) is 0. The Morgan fingerprint density at radius 3 is 1.32 bits per heavy atom. The summed E-state index contributed by atoms with van der Waals surface area (Å²) in [6.45, 7) is 0. The summed E-state index contributed by atoms with van der Waals surface area (Å²) in [7, 11) is -2.68. The average molecular weight is 895 g/mol. The predicted octanol–water partition coefficient (Wildman–Crippen LogP) is 14.3. The van der Waals surface area contributed by atoms with Gasteiger partial charge in [0, 0.05) is 38.4 Å². The van der Waals surface area contributed by atoms with Crippen molar-refractivity contribution in [1.82, 2.24) is 9.13 Å². The van der Waals surface area contributed by atoms with Gasteiger partial charge in [0.1, 0.15) is 0 Å². The molecule has 0 saturated carbocycles. The highest BCUT2D eigenvalue weighted by Crippen LogP contribution is 2.43. The van der Waals surface area contributed by atoms with Crippen molar-refractivity contribution in [2.24, 2.45) is 0 Å². The van der Waals surface area contributed by atoms with E-state index in [-0.39, 0.29) is 0 Å². The van der Waals surface area contributed by atoms with Gasteiger partial charge >= 0.3 is 0 Å². The summed E-state index contributed by atoms with van der Waals surface area (Å²) in [5.41, 5.74) is 14.2. The largest absolute Gasteiger partial charge is 0.309 e. The maximum Gasteiger partial charge on any atom is 0.179 e. The smallest absolute Gasteiger partial charge is 0.179 e. The molecule has 0 aliphatic carbocycles. The minimum Gasteiger partial charge on any atom is -0.309 e. The minimum atomic E-state index is -2.68. The summed E-state index contributed by atoms with van der Waals surface area (Å²) in [6.07, 6.45) is 0. The van der Waals surface area contributed by atoms with Crippen LogP contribution >= 0.6 is 0 Å². The van der Waals surface area contributed by atoms with Gasteiger partial charge < -0.3 is 9.13 Å². The molecule has 69 heavy (non-hydrogen) atoms. The van der Waals surface area contributed by atoms with E-state index < -0.39 is 8.07 Å². The SMILES string of the molecule is c1ccc(-c2ccc(-n3c4ccccc4c4cccc(-c5ccc6c(c5)c5ccccc5n6-c5ccc([Si](c6ccccc6)(c6ccccc6)c6ccccc6)cc5)c43)c(-c3ccccc3)c2)cc1. The van der Waals surface area contributed by atoms with E-state index in [1.165, 1.54) is 97.7 Å². The molecule has 0 radical (unpaired) electrons. The van der Waals surface area contributed by atoms with E-state index in [0.717, 1.165) is 11.4 Å². The van der Waals surface area contributed by atoms with Crippen LogP contribution in [-0.2, 0) is 0 Å². The molecule has 3 heteroatoms. The Balaban J connectivity index is 0.995. The number of fused-ring (bicyclic) bond motifs is 6. The molecular weight excluding hydrogens is 849 g/mol. The molecule has 0 aliphatic heterocycles. The van der Waals surface area contributed by atoms with Crippen molar-refractivity contribution >= 4 is 72.4 Å². The predicted molar refractivity (Wildman–Crippen MR) is 295 cm³/mol. The molecule has 0 saturated heterocycles. The van der Waals surface area contributed by atoms with Crippen LogP contribution in [0.4, 0.5) is 0 Å². The molecule has 0 aliphatic rings. The molecule has 2 aromatic heterocycles. The van der Waals surface area contributed by atoms with Crippen molar-refractivity contribution in [3.8, 4) is 44.8 Å². The third-order valence-corrected chi connectivity index (χ3v) is 19.1. The van der Waals surface area contributed by atoms with Gasteiger partial charge in [0.2, 0.25) is 0 Å². The first-order valence-electron chi connectivity index (χ1n) is 23.8. The molecule has 324 valence electrons. The van der Waals surface area contributed by atoms with Gasteiger partial charge in [-0.1, -0.05) is 231 Å². The molecule has 13 aromatic rings. The van der Waals surface area contributed by atoms with Crippen molar-refractivity contribution in [3.63, 3.8) is 0 Å². The fraction of sp³-hybridized carbons (Fsp3) is 0. The first-order chi connectivity index (χ1) is 34.3. The van der Waals surface area contributed by atoms with Crippen LogP contribution < -0.4 is 20.7 Å². The first kappa shape index (κ1) is 40.5. The van der Waals surface area contributed by atoms with Crippen LogP contribution in [0.15, 0.2) is 279 Å². The van der Waals surface area contributed by atoms with E-state index in [4.69, 9.17) is 0 Å². The molecule has 11 aromatic carbocycles. The summed E-state index contributed by atoms with van der Waals surface area (Å²) < 4.78 is 4.96. The Bertz CT molecular complexity index is 3870. The van der Waals surface area contributed by atoms with Gasteiger partial charge in [-0.15, -0.1) is 0 Å². The molecule has 13 rings (SSSR count). The number of nitrogens with zero attached hydrogens (tertiary/aromatic N) is 2. The third-order valence-electron chi connectivity index (χ3n) is 14.3. The van der Waals surface area contributed by atoms with Gasteiger partial charge in [-0.05, 0) is 91.5 Å². The highest BCUT2D eigenvalue weighted by atomic mass is 28.3. The lowest BCUT2D eigenvalue weighted by Gasteiger charge is -2.34. The number of benzene rings is 11. The number of hydrogen-bond donors (Lipinski definition) is 0. The molecule has 0 amide bonds. The molecule has 0 bridgehead atoms. The second kappa shape index (κ2) is 16.8. The Hall–Kier alpha value is -8.76. The average Bonchev–Trinajstić information content (AvgIpc) is 3.95. The molecule has 0 atom stereocenters. The standard InChI is InChI=1S/C66H46N2Si/c1-6-21-47(22-7-1)49-37-43-64(60(45-49)48-23-8-2-9-24-48)68-63-36-19-16-31-57(63)59-34-20-33-56(66(59)68)50-38-44-65-61(46-50)58-32-17-18-35-62(58)67(65)51-39-41-55(42-40-51)69(52-25-10-3-11-26-52,53-27-12-4-13-28-53)54-29-14-5-15-30-54/h1-46H. The monoisotopic (exact) mass is 894 g/mol. The number of aromatic nitrogens is 2. The second-order valence-corrected chi connectivity index (χ2v) is 21.8. The molecule has 2 heterocycles. The summed E-state index contributed by atoms with van der Waals surface area (Å²) in [6, 6.07) is 103. The zero-order valence-corrected chi connectivity index (χ0v) is 39.0. The van der Waals surface area contributed by atoms with E-state index in [0.29, 0.717) is 0 Å². The van der Waals surface area contributed by atoms with Crippen LogP contribution in [0.1, 0.15) is 0 Å². The van der Waals surface area contributed by atoms with Crippen LogP contribution in [-0.4, -0.2) is 17.2 Å². The van der Waals surface area contributed by atoms with Gasteiger partial charge in [0.25, 0.3) is 0 Å². The van der Waals surface area contributed by atoms with Crippen LogP contribution in [0.5, 0.6) is 0 Å².